The Morgan fingerprint density at radius 2 is 1.95 bits per heavy atom. The molecule has 2 atom stereocenters. The highest BCUT2D eigenvalue weighted by Gasteiger charge is 2.42. The van der Waals surface area contributed by atoms with Gasteiger partial charge in [0.2, 0.25) is 0 Å². The summed E-state index contributed by atoms with van der Waals surface area (Å²) in [6.07, 6.45) is 2.08. The summed E-state index contributed by atoms with van der Waals surface area (Å²) in [4.78, 5) is 0. The van der Waals surface area contributed by atoms with Crippen LogP contribution in [0.15, 0.2) is 42.5 Å². The van der Waals surface area contributed by atoms with Crippen molar-refractivity contribution in [1.82, 2.24) is 5.32 Å². The molecule has 2 unspecified atom stereocenters. The number of nitrogens with one attached hydrogen (secondary N) is 1. The minimum atomic E-state index is 0. The minimum absolute atomic E-state index is 0. The summed E-state index contributed by atoms with van der Waals surface area (Å²) in [5.74, 6) is 0.958. The Hall–Kier alpha value is -1.51. The Morgan fingerprint density at radius 3 is 2.76 bits per heavy atom. The van der Waals surface area contributed by atoms with Crippen LogP contribution < -0.4 is 10.1 Å². The molecule has 2 aromatic rings. The first-order chi connectivity index (χ1) is 9.69. The Kier molecular flexibility index (Phi) is 3.46. The zero-order chi connectivity index (χ0) is 13.7. The molecule has 4 rings (SSSR count). The van der Waals surface area contributed by atoms with Gasteiger partial charge in [0.1, 0.15) is 5.75 Å². The van der Waals surface area contributed by atoms with E-state index in [9.17, 15) is 0 Å². The highest BCUT2D eigenvalue weighted by Crippen LogP contribution is 2.44. The van der Waals surface area contributed by atoms with E-state index < -0.39 is 0 Å². The smallest absolute Gasteiger partial charge is 0.119 e. The number of hydrogen-bond donors (Lipinski definition) is 1. The van der Waals surface area contributed by atoms with E-state index in [0.717, 1.165) is 18.6 Å². The summed E-state index contributed by atoms with van der Waals surface area (Å²) in [5.41, 5.74) is 5.84. The molecular weight excluding hydrogens is 282 g/mol. The fraction of sp³-hybridized carbons (Fsp3) is 0.333. The van der Waals surface area contributed by atoms with Crippen LogP contribution in [0.3, 0.4) is 0 Å². The molecule has 2 bridgehead atoms. The van der Waals surface area contributed by atoms with Crippen LogP contribution in [0.4, 0.5) is 0 Å². The first-order valence-electron chi connectivity index (χ1n) is 7.22. The largest absolute Gasteiger partial charge is 0.497 e. The summed E-state index contributed by atoms with van der Waals surface area (Å²) < 4.78 is 5.38. The van der Waals surface area contributed by atoms with Gasteiger partial charge in [-0.05, 0) is 54.2 Å². The zero-order valence-corrected chi connectivity index (χ0v) is 13.2. The number of ether oxygens (including phenoxy) is 1. The van der Waals surface area contributed by atoms with Crippen molar-refractivity contribution in [3.05, 3.63) is 64.7 Å². The van der Waals surface area contributed by atoms with E-state index in [-0.39, 0.29) is 17.9 Å². The van der Waals surface area contributed by atoms with E-state index >= 15 is 0 Å². The number of benzene rings is 2. The predicted octanol–water partition coefficient (Wildman–Crippen LogP) is 3.78. The van der Waals surface area contributed by atoms with Gasteiger partial charge in [-0.2, -0.15) is 0 Å². The maximum absolute atomic E-state index is 5.38. The van der Waals surface area contributed by atoms with Crippen molar-refractivity contribution in [3.8, 4) is 5.75 Å². The number of hydrogen-bond acceptors (Lipinski definition) is 2. The first kappa shape index (κ1) is 14.4. The summed E-state index contributed by atoms with van der Waals surface area (Å²) >= 11 is 0. The van der Waals surface area contributed by atoms with Gasteiger partial charge in [0, 0.05) is 11.6 Å². The highest BCUT2D eigenvalue weighted by atomic mass is 35.5. The van der Waals surface area contributed by atoms with E-state index in [0.29, 0.717) is 6.04 Å². The maximum atomic E-state index is 5.38. The van der Waals surface area contributed by atoms with Crippen molar-refractivity contribution >= 4 is 12.4 Å². The molecule has 0 fully saturated rings. The number of rotatable bonds is 1. The van der Waals surface area contributed by atoms with Crippen molar-refractivity contribution in [2.24, 2.45) is 0 Å². The normalized spacial score (nSPS) is 25.3. The van der Waals surface area contributed by atoms with Crippen molar-refractivity contribution in [2.75, 3.05) is 7.11 Å². The SMILES string of the molecule is COc1ccc2c(c1)CC1NC(C)(C2)c2ccccc21.Cl. The lowest BCUT2D eigenvalue weighted by atomic mass is 9.82. The monoisotopic (exact) mass is 301 g/mol. The Bertz CT molecular complexity index is 685. The van der Waals surface area contributed by atoms with Crippen molar-refractivity contribution in [3.63, 3.8) is 0 Å². The molecule has 2 aliphatic rings. The van der Waals surface area contributed by atoms with Crippen molar-refractivity contribution < 1.29 is 4.74 Å². The van der Waals surface area contributed by atoms with E-state index in [1.165, 1.54) is 22.3 Å². The molecule has 0 aromatic heterocycles. The maximum Gasteiger partial charge on any atom is 0.119 e. The third-order valence-corrected chi connectivity index (χ3v) is 4.80. The lowest BCUT2D eigenvalue weighted by molar-refractivity contribution is 0.368. The Morgan fingerprint density at radius 1 is 1.14 bits per heavy atom. The molecule has 0 radical (unpaired) electrons. The topological polar surface area (TPSA) is 21.3 Å². The third kappa shape index (κ3) is 2.14. The molecule has 110 valence electrons. The zero-order valence-electron chi connectivity index (χ0n) is 12.3. The lowest BCUT2D eigenvalue weighted by Crippen LogP contribution is -2.36. The van der Waals surface area contributed by atoms with Crippen LogP contribution in [0.25, 0.3) is 0 Å². The highest BCUT2D eigenvalue weighted by molar-refractivity contribution is 5.85. The molecule has 0 saturated carbocycles. The molecule has 2 nitrogen and oxygen atoms in total. The van der Waals surface area contributed by atoms with Crippen LogP contribution in [-0.2, 0) is 18.4 Å². The van der Waals surface area contributed by atoms with Gasteiger partial charge in [-0.15, -0.1) is 12.4 Å². The van der Waals surface area contributed by atoms with E-state index in [1.54, 1.807) is 7.11 Å². The fourth-order valence-electron chi connectivity index (χ4n) is 3.84. The van der Waals surface area contributed by atoms with Crippen LogP contribution in [0.2, 0.25) is 0 Å². The van der Waals surface area contributed by atoms with Gasteiger partial charge in [-0.1, -0.05) is 30.3 Å². The van der Waals surface area contributed by atoms with Crippen LogP contribution >= 0.6 is 12.4 Å². The van der Waals surface area contributed by atoms with Gasteiger partial charge >= 0.3 is 0 Å². The second-order valence-electron chi connectivity index (χ2n) is 6.13. The number of halogens is 1. The van der Waals surface area contributed by atoms with Gasteiger partial charge in [0.25, 0.3) is 0 Å². The predicted molar refractivity (Wildman–Crippen MR) is 87.3 cm³/mol. The van der Waals surface area contributed by atoms with Crippen LogP contribution in [0, 0.1) is 0 Å². The first-order valence-corrected chi connectivity index (χ1v) is 7.22. The average Bonchev–Trinajstić information content (AvgIpc) is 2.64. The van der Waals surface area contributed by atoms with Gasteiger partial charge in [-0.3, -0.25) is 0 Å². The van der Waals surface area contributed by atoms with Crippen molar-refractivity contribution in [1.29, 1.82) is 0 Å². The van der Waals surface area contributed by atoms with E-state index in [4.69, 9.17) is 4.74 Å². The summed E-state index contributed by atoms with van der Waals surface area (Å²) in [6, 6.07) is 15.8. The molecule has 0 aliphatic carbocycles. The second kappa shape index (κ2) is 5.04. The second-order valence-corrected chi connectivity index (χ2v) is 6.13. The van der Waals surface area contributed by atoms with Gasteiger partial charge in [-0.25, -0.2) is 0 Å². The molecule has 0 spiro atoms. The summed E-state index contributed by atoms with van der Waals surface area (Å²) in [6.45, 7) is 2.32. The molecule has 2 aliphatic heterocycles. The van der Waals surface area contributed by atoms with E-state index in [2.05, 4.69) is 54.7 Å². The summed E-state index contributed by atoms with van der Waals surface area (Å²) in [7, 11) is 1.74. The summed E-state index contributed by atoms with van der Waals surface area (Å²) in [5, 5.41) is 3.84. The molecule has 3 heteroatoms. The molecule has 21 heavy (non-hydrogen) atoms. The van der Waals surface area contributed by atoms with Crippen LogP contribution in [-0.4, -0.2) is 7.11 Å². The fourth-order valence-corrected chi connectivity index (χ4v) is 3.84. The standard InChI is InChI=1S/C18H19NO.ClH/c1-18-11-12-7-8-14(20-2)9-13(12)10-17(19-18)15-5-3-4-6-16(15)18;/h3-9,17,19H,10-11H2,1-2H3;1H. The Balaban J connectivity index is 0.00000132. The Labute approximate surface area is 131 Å². The molecule has 0 saturated heterocycles. The molecule has 1 N–H and O–H groups in total. The van der Waals surface area contributed by atoms with Crippen molar-refractivity contribution in [2.45, 2.75) is 31.3 Å². The molecule has 2 heterocycles. The van der Waals surface area contributed by atoms with Gasteiger partial charge < -0.3 is 10.1 Å². The quantitative estimate of drug-likeness (QED) is 0.865. The van der Waals surface area contributed by atoms with E-state index in [1.807, 2.05) is 0 Å². The number of fused-ring (bicyclic) bond motifs is 6. The molecule has 2 aromatic carbocycles. The average molecular weight is 302 g/mol. The van der Waals surface area contributed by atoms with Crippen LogP contribution in [0.5, 0.6) is 5.75 Å². The molecule has 0 amide bonds. The van der Waals surface area contributed by atoms with Crippen LogP contribution in [0.1, 0.15) is 35.2 Å². The third-order valence-electron chi connectivity index (χ3n) is 4.80. The van der Waals surface area contributed by atoms with Gasteiger partial charge in [0.15, 0.2) is 0 Å². The lowest BCUT2D eigenvalue weighted by Gasteiger charge is -2.26. The minimum Gasteiger partial charge on any atom is -0.497 e. The van der Waals surface area contributed by atoms with Gasteiger partial charge in [0.05, 0.1) is 7.11 Å². The number of methoxy groups -OCH3 is 1. The molecular formula is C18H20ClNO.